The molecule has 0 aliphatic carbocycles. The van der Waals surface area contributed by atoms with Gasteiger partial charge in [0.25, 0.3) is 5.91 Å². The van der Waals surface area contributed by atoms with E-state index < -0.39 is 19.2 Å². The zero-order valence-electron chi connectivity index (χ0n) is 18.5. The van der Waals surface area contributed by atoms with Gasteiger partial charge in [0.15, 0.2) is 5.75 Å². The highest BCUT2D eigenvalue weighted by molar-refractivity contribution is 9.11. The van der Waals surface area contributed by atoms with Crippen molar-refractivity contribution in [2.75, 3.05) is 13.2 Å². The van der Waals surface area contributed by atoms with Crippen LogP contribution in [0.5, 0.6) is 17.2 Å². The lowest BCUT2D eigenvalue weighted by Gasteiger charge is -2.14. The van der Waals surface area contributed by atoms with Gasteiger partial charge >= 0.3 is 5.97 Å². The third-order valence-corrected chi connectivity index (χ3v) is 7.00. The standard InChI is InChI=1S/C24H22Br2NO7P/c1-35(32,33)13-15-10-19(25)22(20(26)11-15)34-17-6-7-21(28)18(12-17)23(29)27-9-8-14-2-4-16(5-3-14)24(30)31/h2-7,10-12,28H,8-9,13H2,1H3,(H,27,29)(H,30,31)(H,32,33). The number of carboxylic acids is 1. The van der Waals surface area contributed by atoms with Crippen LogP contribution >= 0.6 is 39.2 Å². The largest absolute Gasteiger partial charge is 0.507 e. The summed E-state index contributed by atoms with van der Waals surface area (Å²) in [5.41, 5.74) is 1.72. The molecule has 0 aliphatic rings. The van der Waals surface area contributed by atoms with Gasteiger partial charge in [0.1, 0.15) is 11.5 Å². The number of halogens is 2. The number of carboxylic acid groups (broad SMARTS) is 1. The second-order valence-electron chi connectivity index (χ2n) is 7.89. The number of ether oxygens (including phenoxy) is 1. The van der Waals surface area contributed by atoms with Crippen molar-refractivity contribution >= 4 is 51.1 Å². The number of carbonyl (C=O) groups excluding carboxylic acids is 1. The SMILES string of the molecule is CP(=O)(O)Cc1cc(Br)c(Oc2ccc(O)c(C(=O)NCCc3ccc(C(=O)O)cc3)c2)c(Br)c1. The van der Waals surface area contributed by atoms with E-state index in [2.05, 4.69) is 37.2 Å². The summed E-state index contributed by atoms with van der Waals surface area (Å²) in [5, 5.41) is 21.9. The lowest BCUT2D eigenvalue weighted by Crippen LogP contribution is -2.25. The summed E-state index contributed by atoms with van der Waals surface area (Å²) in [6.45, 7) is 1.57. The summed E-state index contributed by atoms with van der Waals surface area (Å²) in [4.78, 5) is 33.2. The van der Waals surface area contributed by atoms with Crippen molar-refractivity contribution in [3.8, 4) is 17.2 Å². The van der Waals surface area contributed by atoms with Gasteiger partial charge in [-0.1, -0.05) is 12.1 Å². The minimum Gasteiger partial charge on any atom is -0.507 e. The first-order valence-electron chi connectivity index (χ1n) is 10.3. The Bertz CT molecular complexity index is 1280. The molecule has 8 nitrogen and oxygen atoms in total. The van der Waals surface area contributed by atoms with Gasteiger partial charge < -0.3 is 25.2 Å². The highest BCUT2D eigenvalue weighted by Crippen LogP contribution is 2.44. The van der Waals surface area contributed by atoms with Crippen LogP contribution in [0.4, 0.5) is 0 Å². The highest BCUT2D eigenvalue weighted by Gasteiger charge is 2.17. The molecule has 11 heteroatoms. The highest BCUT2D eigenvalue weighted by atomic mass is 79.9. The van der Waals surface area contributed by atoms with E-state index in [1.807, 2.05) is 0 Å². The maximum Gasteiger partial charge on any atom is 0.335 e. The van der Waals surface area contributed by atoms with E-state index in [9.17, 15) is 24.2 Å². The van der Waals surface area contributed by atoms with Crippen LogP contribution < -0.4 is 10.1 Å². The number of hydrogen-bond donors (Lipinski definition) is 4. The number of carbonyl (C=O) groups is 2. The first-order valence-corrected chi connectivity index (χ1v) is 14.2. The van der Waals surface area contributed by atoms with Gasteiger partial charge in [0, 0.05) is 19.4 Å². The fraction of sp³-hybridized carbons (Fsp3) is 0.167. The number of aromatic carboxylic acids is 1. The molecule has 0 aliphatic heterocycles. The summed E-state index contributed by atoms with van der Waals surface area (Å²) >= 11 is 6.81. The molecular weight excluding hydrogens is 605 g/mol. The normalized spacial score (nSPS) is 12.6. The molecule has 184 valence electrons. The van der Waals surface area contributed by atoms with Crippen LogP contribution in [0.25, 0.3) is 0 Å². The molecule has 3 aromatic rings. The van der Waals surface area contributed by atoms with Crippen LogP contribution in [0, 0.1) is 0 Å². The van der Waals surface area contributed by atoms with E-state index in [1.165, 1.54) is 37.0 Å². The van der Waals surface area contributed by atoms with Gasteiger partial charge in [-0.15, -0.1) is 0 Å². The molecule has 0 fully saturated rings. The van der Waals surface area contributed by atoms with Crippen molar-refractivity contribution in [2.24, 2.45) is 0 Å². The number of benzene rings is 3. The van der Waals surface area contributed by atoms with Crippen LogP contribution in [0.2, 0.25) is 0 Å². The minimum absolute atomic E-state index is 0.0116. The van der Waals surface area contributed by atoms with Crippen molar-refractivity contribution in [1.82, 2.24) is 5.32 Å². The van der Waals surface area contributed by atoms with Gasteiger partial charge in [-0.25, -0.2) is 4.79 Å². The third kappa shape index (κ3) is 7.67. The van der Waals surface area contributed by atoms with Gasteiger partial charge in [-0.3, -0.25) is 9.36 Å². The minimum atomic E-state index is -3.25. The fourth-order valence-corrected chi connectivity index (χ4v) is 5.55. The van der Waals surface area contributed by atoms with Crippen molar-refractivity contribution in [3.63, 3.8) is 0 Å². The van der Waals surface area contributed by atoms with Gasteiger partial charge in [0.05, 0.1) is 20.1 Å². The Labute approximate surface area is 218 Å². The number of phenols is 1. The zero-order valence-corrected chi connectivity index (χ0v) is 22.6. The number of aromatic hydroxyl groups is 1. The Kier molecular flexibility index (Phi) is 8.77. The Balaban J connectivity index is 1.68. The van der Waals surface area contributed by atoms with Gasteiger partial charge in [0.2, 0.25) is 7.37 Å². The van der Waals surface area contributed by atoms with Gasteiger partial charge in [-0.05, 0) is 91.9 Å². The molecule has 1 unspecified atom stereocenters. The quantitative estimate of drug-likeness (QED) is 0.221. The van der Waals surface area contributed by atoms with E-state index in [0.717, 1.165) is 5.56 Å². The topological polar surface area (TPSA) is 133 Å². The number of nitrogens with one attached hydrogen (secondary N) is 1. The predicted octanol–water partition coefficient (Wildman–Crippen LogP) is 5.78. The molecule has 1 amide bonds. The summed E-state index contributed by atoms with van der Waals surface area (Å²) in [5.74, 6) is -1.01. The predicted molar refractivity (Wildman–Crippen MR) is 139 cm³/mol. The van der Waals surface area contributed by atoms with E-state index in [0.29, 0.717) is 32.4 Å². The maximum atomic E-state index is 12.6. The first kappa shape index (κ1) is 26.9. The van der Waals surface area contributed by atoms with E-state index in [1.54, 1.807) is 24.3 Å². The molecule has 1 atom stereocenters. The zero-order chi connectivity index (χ0) is 25.8. The molecule has 3 aromatic carbocycles. The molecule has 0 spiro atoms. The van der Waals surface area contributed by atoms with Crippen molar-refractivity contribution in [2.45, 2.75) is 12.6 Å². The number of phenolic OH excluding ortho intramolecular Hbond substituents is 1. The summed E-state index contributed by atoms with van der Waals surface area (Å²) < 4.78 is 18.7. The Hall–Kier alpha value is -2.65. The second-order valence-corrected chi connectivity index (χ2v) is 12.0. The number of amides is 1. The van der Waals surface area contributed by atoms with Crippen LogP contribution in [0.3, 0.4) is 0 Å². The van der Waals surface area contributed by atoms with Crippen LogP contribution in [-0.4, -0.2) is 40.2 Å². The van der Waals surface area contributed by atoms with Crippen LogP contribution in [-0.2, 0) is 17.1 Å². The average Bonchev–Trinajstić information content (AvgIpc) is 2.76. The van der Waals surface area contributed by atoms with E-state index in [4.69, 9.17) is 9.84 Å². The molecule has 0 aromatic heterocycles. The molecule has 0 saturated heterocycles. The molecule has 0 saturated carbocycles. The van der Waals surface area contributed by atoms with Crippen molar-refractivity contribution < 1.29 is 34.0 Å². The third-order valence-electron chi connectivity index (χ3n) is 4.87. The van der Waals surface area contributed by atoms with Crippen LogP contribution in [0.1, 0.15) is 31.8 Å². The van der Waals surface area contributed by atoms with Crippen molar-refractivity contribution in [3.05, 3.63) is 85.8 Å². The molecule has 4 N–H and O–H groups in total. The Morgan fingerprint density at radius 1 is 1.00 bits per heavy atom. The monoisotopic (exact) mass is 625 g/mol. The molecule has 0 radical (unpaired) electrons. The second kappa shape index (κ2) is 11.4. The lowest BCUT2D eigenvalue weighted by atomic mass is 10.1. The smallest absolute Gasteiger partial charge is 0.335 e. The summed E-state index contributed by atoms with van der Waals surface area (Å²) in [6.07, 6.45) is 0.491. The average molecular weight is 627 g/mol. The molecular formula is C24H22Br2NO7P. The maximum absolute atomic E-state index is 12.6. The first-order chi connectivity index (χ1) is 16.4. The lowest BCUT2D eigenvalue weighted by molar-refractivity contribution is 0.0696. The molecule has 0 bridgehead atoms. The summed E-state index contributed by atoms with van der Waals surface area (Å²) in [7, 11) is -3.25. The number of hydrogen-bond acceptors (Lipinski definition) is 5. The Morgan fingerprint density at radius 2 is 1.63 bits per heavy atom. The van der Waals surface area contributed by atoms with Gasteiger partial charge in [-0.2, -0.15) is 0 Å². The molecule has 35 heavy (non-hydrogen) atoms. The van der Waals surface area contributed by atoms with Crippen molar-refractivity contribution in [1.29, 1.82) is 0 Å². The van der Waals surface area contributed by atoms with Crippen LogP contribution in [0.15, 0.2) is 63.5 Å². The number of rotatable bonds is 9. The Morgan fingerprint density at radius 3 is 2.20 bits per heavy atom. The fourth-order valence-electron chi connectivity index (χ4n) is 3.25. The summed E-state index contributed by atoms with van der Waals surface area (Å²) in [6, 6.07) is 14.0. The molecule has 0 heterocycles. The van der Waals surface area contributed by atoms with E-state index in [-0.39, 0.29) is 29.6 Å². The van der Waals surface area contributed by atoms with E-state index >= 15 is 0 Å². The molecule has 3 rings (SSSR count).